The second-order valence-corrected chi connectivity index (χ2v) is 6.95. The molecule has 27 heavy (non-hydrogen) atoms. The molecule has 0 bridgehead atoms. The molecule has 0 spiro atoms. The molecule has 5 heteroatoms. The van der Waals surface area contributed by atoms with Crippen molar-refractivity contribution in [1.29, 1.82) is 0 Å². The Kier molecular flexibility index (Phi) is 6.54. The van der Waals surface area contributed by atoms with E-state index >= 15 is 0 Å². The topological polar surface area (TPSA) is 20.3 Å². The number of halogens is 2. The number of benzene rings is 3. The number of anilines is 1. The van der Waals surface area contributed by atoms with Gasteiger partial charge in [0, 0.05) is 0 Å². The molecule has 0 heterocycles. The first-order valence-corrected chi connectivity index (χ1v) is 9.46. The molecule has 0 aromatic heterocycles. The van der Waals surface area contributed by atoms with Crippen LogP contribution < -0.4 is 8.77 Å². The Bertz CT molecular complexity index is 916. The summed E-state index contributed by atoms with van der Waals surface area (Å²) in [4.78, 5) is 14.4. The SMILES string of the molecule is O=C(c1ccccc1)N(CCCc1ccccc1)c1ccc(F)[c]([Ti])c1F. The maximum atomic E-state index is 14.7. The Morgan fingerprint density at radius 2 is 1.52 bits per heavy atom. The first-order valence-electron chi connectivity index (χ1n) is 8.68. The fourth-order valence-corrected chi connectivity index (χ4v) is 3.23. The molecule has 0 unspecified atom stereocenters. The maximum absolute atomic E-state index is 14.7. The molecule has 3 aromatic carbocycles. The summed E-state index contributed by atoms with van der Waals surface area (Å²) in [5.41, 5.74) is 1.73. The number of carbonyl (C=O) groups excluding carboxylic acids is 1. The van der Waals surface area contributed by atoms with Gasteiger partial charge in [0.05, 0.1) is 0 Å². The summed E-state index contributed by atoms with van der Waals surface area (Å²) in [5.74, 6) is -1.61. The minimum absolute atomic E-state index is 0.0820. The van der Waals surface area contributed by atoms with Crippen LogP contribution in [-0.2, 0) is 26.9 Å². The van der Waals surface area contributed by atoms with Crippen molar-refractivity contribution in [2.45, 2.75) is 12.8 Å². The van der Waals surface area contributed by atoms with E-state index in [1.165, 1.54) is 37.5 Å². The fraction of sp³-hybridized carbons (Fsp3) is 0.136. The molecule has 3 aromatic rings. The first kappa shape index (κ1) is 19.5. The van der Waals surface area contributed by atoms with Gasteiger partial charge in [-0.05, 0) is 0 Å². The molecular formula is C22H18F2NOTi. The first-order chi connectivity index (χ1) is 13.1. The standard InChI is InChI=1S/C22H18F2NO.Ti/c23-19-13-14-21(20(24)16-19)25(22(26)18-11-5-2-6-12-18)15-7-10-17-8-3-1-4-9-17;/h1-6,8-9,11-14H,7,10,15H2;. The second-order valence-electron chi connectivity index (χ2n) is 6.17. The van der Waals surface area contributed by atoms with Crippen LogP contribution in [0.15, 0.2) is 72.8 Å². The average molecular weight is 398 g/mol. The monoisotopic (exact) mass is 398 g/mol. The van der Waals surface area contributed by atoms with Gasteiger partial charge in [0.25, 0.3) is 0 Å². The van der Waals surface area contributed by atoms with Crippen LogP contribution in [-0.4, -0.2) is 12.5 Å². The van der Waals surface area contributed by atoms with Gasteiger partial charge in [-0.25, -0.2) is 0 Å². The number of amides is 1. The zero-order chi connectivity index (χ0) is 19.2. The van der Waals surface area contributed by atoms with E-state index < -0.39 is 11.6 Å². The summed E-state index contributed by atoms with van der Waals surface area (Å²) < 4.78 is 28.3. The van der Waals surface area contributed by atoms with E-state index in [1.54, 1.807) is 24.3 Å². The van der Waals surface area contributed by atoms with Crippen molar-refractivity contribution >= 4 is 15.5 Å². The van der Waals surface area contributed by atoms with E-state index in [0.29, 0.717) is 18.5 Å². The molecule has 0 saturated heterocycles. The van der Waals surface area contributed by atoms with E-state index in [4.69, 9.17) is 0 Å². The molecule has 135 valence electrons. The van der Waals surface area contributed by atoms with Gasteiger partial charge in [0.2, 0.25) is 0 Å². The zero-order valence-corrected chi connectivity index (χ0v) is 16.2. The van der Waals surface area contributed by atoms with E-state index in [2.05, 4.69) is 0 Å². The average Bonchev–Trinajstić information content (AvgIpc) is 2.71. The van der Waals surface area contributed by atoms with Crippen molar-refractivity contribution in [3.05, 3.63) is 95.6 Å². The number of hydrogen-bond donors (Lipinski definition) is 0. The summed E-state index contributed by atoms with van der Waals surface area (Å²) in [5, 5.41) is 0. The van der Waals surface area contributed by atoms with Gasteiger partial charge in [-0.2, -0.15) is 0 Å². The third kappa shape index (κ3) is 4.71. The molecule has 0 N–H and O–H groups in total. The van der Waals surface area contributed by atoms with Crippen LogP contribution in [0.2, 0.25) is 0 Å². The van der Waals surface area contributed by atoms with Crippen LogP contribution >= 0.6 is 0 Å². The number of hydrogen-bond acceptors (Lipinski definition) is 1. The van der Waals surface area contributed by atoms with Crippen molar-refractivity contribution in [2.24, 2.45) is 0 Å². The molecule has 0 fully saturated rings. The summed E-state index contributed by atoms with van der Waals surface area (Å²) in [6.45, 7) is 0.338. The van der Waals surface area contributed by atoms with Crippen LogP contribution in [0.3, 0.4) is 0 Å². The molecular weight excluding hydrogens is 380 g/mol. The van der Waals surface area contributed by atoms with E-state index in [1.807, 2.05) is 36.4 Å². The molecule has 0 saturated carbocycles. The molecule has 0 aliphatic heterocycles. The van der Waals surface area contributed by atoms with Crippen molar-refractivity contribution in [2.75, 3.05) is 11.4 Å². The molecule has 0 radical (unpaired) electrons. The predicted molar refractivity (Wildman–Crippen MR) is 98.9 cm³/mol. The van der Waals surface area contributed by atoms with Crippen molar-refractivity contribution < 1.29 is 34.0 Å². The van der Waals surface area contributed by atoms with Crippen LogP contribution in [0.25, 0.3) is 0 Å². The molecule has 0 aliphatic carbocycles. The Balaban J connectivity index is 1.87. The Morgan fingerprint density at radius 3 is 2.19 bits per heavy atom. The van der Waals surface area contributed by atoms with Crippen LogP contribution in [0.1, 0.15) is 22.3 Å². The number of carbonyl (C=O) groups is 1. The van der Waals surface area contributed by atoms with E-state index in [-0.39, 0.29) is 15.5 Å². The molecule has 3 rings (SSSR count). The second kappa shape index (κ2) is 9.07. The number of aryl methyl sites for hydroxylation is 1. The summed E-state index contributed by atoms with van der Waals surface area (Å²) in [6.07, 6.45) is 1.43. The van der Waals surface area contributed by atoms with Gasteiger partial charge in [0.15, 0.2) is 0 Å². The molecule has 1 amide bonds. The summed E-state index contributed by atoms with van der Waals surface area (Å²) >= 11 is 1.38. The van der Waals surface area contributed by atoms with Gasteiger partial charge in [-0.3, -0.25) is 0 Å². The third-order valence-corrected chi connectivity index (χ3v) is 5.03. The Labute approximate surface area is 169 Å². The Morgan fingerprint density at radius 1 is 0.889 bits per heavy atom. The molecule has 0 aliphatic rings. The van der Waals surface area contributed by atoms with E-state index in [0.717, 1.165) is 12.0 Å². The Hall–Kier alpha value is -2.30. The van der Waals surface area contributed by atoms with Crippen molar-refractivity contribution in [3.8, 4) is 0 Å². The summed E-state index contributed by atoms with van der Waals surface area (Å²) in [7, 11) is 0. The van der Waals surface area contributed by atoms with Gasteiger partial charge in [-0.15, -0.1) is 0 Å². The van der Waals surface area contributed by atoms with Crippen LogP contribution in [0.5, 0.6) is 0 Å². The fourth-order valence-electron chi connectivity index (χ4n) is 2.90. The van der Waals surface area contributed by atoms with Gasteiger partial charge < -0.3 is 0 Å². The zero-order valence-electron chi connectivity index (χ0n) is 14.7. The van der Waals surface area contributed by atoms with Gasteiger partial charge in [0.1, 0.15) is 0 Å². The minimum atomic E-state index is -0.695. The van der Waals surface area contributed by atoms with Crippen molar-refractivity contribution in [1.82, 2.24) is 0 Å². The molecule has 0 atom stereocenters. The van der Waals surface area contributed by atoms with Gasteiger partial charge >= 0.3 is 169 Å². The predicted octanol–water partition coefficient (Wildman–Crippen LogP) is 4.42. The number of nitrogens with zero attached hydrogens (tertiary/aromatic N) is 1. The van der Waals surface area contributed by atoms with Crippen molar-refractivity contribution in [3.63, 3.8) is 0 Å². The van der Waals surface area contributed by atoms with E-state index in [9.17, 15) is 13.6 Å². The normalized spacial score (nSPS) is 10.6. The quantitative estimate of drug-likeness (QED) is 0.563. The van der Waals surface area contributed by atoms with Gasteiger partial charge in [-0.1, -0.05) is 0 Å². The molecule has 2 nitrogen and oxygen atoms in total. The van der Waals surface area contributed by atoms with Crippen LogP contribution in [0, 0.1) is 11.6 Å². The van der Waals surface area contributed by atoms with Crippen LogP contribution in [0.4, 0.5) is 14.5 Å². The summed E-state index contributed by atoms with van der Waals surface area (Å²) in [6, 6.07) is 21.2. The third-order valence-electron chi connectivity index (χ3n) is 4.32. The number of rotatable bonds is 6.